The van der Waals surface area contributed by atoms with Gasteiger partial charge in [-0.25, -0.2) is 0 Å². The molecular weight excluding hydrogens is 306 g/mol. The highest BCUT2D eigenvalue weighted by Crippen LogP contribution is 2.28. The van der Waals surface area contributed by atoms with Gasteiger partial charge in [-0.1, -0.05) is 44.0 Å². The van der Waals surface area contributed by atoms with Crippen LogP contribution in [0.25, 0.3) is 0 Å². The number of rotatable bonds is 2. The van der Waals surface area contributed by atoms with Gasteiger partial charge in [0, 0.05) is 11.1 Å². The van der Waals surface area contributed by atoms with Gasteiger partial charge in [0.1, 0.15) is 5.70 Å². The summed E-state index contributed by atoms with van der Waals surface area (Å²) < 4.78 is 0.233. The number of ketones is 2. The Morgan fingerprint density at radius 2 is 1.68 bits per heavy atom. The summed E-state index contributed by atoms with van der Waals surface area (Å²) in [7, 11) is 0. The lowest BCUT2D eigenvalue weighted by molar-refractivity contribution is 0.0976. The zero-order valence-corrected chi connectivity index (χ0v) is 12.4. The molecule has 0 radical (unpaired) electrons. The molecule has 0 saturated carbocycles. The normalized spacial score (nSPS) is 13.2. The van der Waals surface area contributed by atoms with Crippen molar-refractivity contribution >= 4 is 27.5 Å². The fourth-order valence-corrected chi connectivity index (χ4v) is 2.18. The molecule has 1 aliphatic carbocycles. The number of hydrogen-bond donors (Lipinski definition) is 1. The van der Waals surface area contributed by atoms with E-state index in [1.54, 1.807) is 24.3 Å². The Morgan fingerprint density at radius 3 is 2.21 bits per heavy atom. The molecule has 0 atom stereocenters. The van der Waals surface area contributed by atoms with Crippen molar-refractivity contribution in [2.24, 2.45) is 0 Å². The van der Waals surface area contributed by atoms with Gasteiger partial charge in [0.25, 0.3) is 0 Å². The number of benzene rings is 1. The number of fused-ring (bicyclic) bond motifs is 1. The van der Waals surface area contributed by atoms with Crippen LogP contribution in [0.1, 0.15) is 34.6 Å². The molecule has 98 valence electrons. The van der Waals surface area contributed by atoms with Crippen LogP contribution in [0.15, 0.2) is 34.4 Å². The van der Waals surface area contributed by atoms with Crippen LogP contribution in [0.5, 0.6) is 0 Å². The van der Waals surface area contributed by atoms with E-state index in [1.165, 1.54) is 0 Å². The van der Waals surface area contributed by atoms with Crippen LogP contribution in [0.3, 0.4) is 0 Å². The summed E-state index contributed by atoms with van der Waals surface area (Å²) in [5.41, 5.74) is 1.04. The smallest absolute Gasteiger partial charge is 0.210 e. The summed E-state index contributed by atoms with van der Waals surface area (Å²) in [5, 5.41) is 2.77. The molecule has 4 heteroatoms. The minimum atomic E-state index is -0.220. The molecule has 0 aromatic heterocycles. The number of halogens is 1. The number of carbonyl (C=O) groups excluding carboxylic acids is 2. The lowest BCUT2D eigenvalue weighted by Crippen LogP contribution is -2.29. The van der Waals surface area contributed by atoms with Gasteiger partial charge >= 0.3 is 0 Å². The average molecular weight is 320 g/mol. The lowest BCUT2D eigenvalue weighted by Gasteiger charge is -2.17. The largest absolute Gasteiger partial charge is 0.370 e. The minimum absolute atomic E-state index is 0.200. The molecule has 1 N–H and O–H groups in total. The van der Waals surface area contributed by atoms with E-state index >= 15 is 0 Å². The first-order valence-electron chi connectivity index (χ1n) is 5.92. The predicted octanol–water partition coefficient (Wildman–Crippen LogP) is 2.92. The van der Waals surface area contributed by atoms with Crippen molar-refractivity contribution in [3.63, 3.8) is 0 Å². The molecule has 1 aromatic carbocycles. The van der Waals surface area contributed by atoms with E-state index in [9.17, 15) is 9.59 Å². The van der Waals surface area contributed by atoms with Gasteiger partial charge in [-0.2, -0.15) is 0 Å². The van der Waals surface area contributed by atoms with Crippen LogP contribution in [-0.4, -0.2) is 18.1 Å². The second kappa shape index (κ2) is 6.91. The van der Waals surface area contributed by atoms with Crippen LogP contribution in [-0.2, 0) is 0 Å². The average Bonchev–Trinajstić information content (AvgIpc) is 2.47. The first kappa shape index (κ1) is 15.2. The van der Waals surface area contributed by atoms with Crippen LogP contribution in [0.4, 0.5) is 0 Å². The topological polar surface area (TPSA) is 46.2 Å². The predicted molar refractivity (Wildman–Crippen MR) is 79.2 cm³/mol. The zero-order chi connectivity index (χ0) is 14.4. The summed E-state index contributed by atoms with van der Waals surface area (Å²) in [5.74, 6) is 1.94. The van der Waals surface area contributed by atoms with Crippen molar-refractivity contribution in [1.82, 2.24) is 5.32 Å². The molecule has 0 spiro atoms. The standard InChI is InChI=1S/C13H8BrNO2.C2H6/c1-2-7-15-11-10(14)12(16)8-5-3-4-6-9(8)13(11)17;1-2/h1,3-6,15H,7H2;1-2H3. The Labute approximate surface area is 121 Å². The SMILES string of the molecule is C#CCNC1=C(Br)C(=O)c2ccccc2C1=O.CC. The van der Waals surface area contributed by atoms with E-state index < -0.39 is 0 Å². The minimum Gasteiger partial charge on any atom is -0.370 e. The third kappa shape index (κ3) is 2.94. The number of Topliss-reactive ketones (excluding diaryl/α,β-unsaturated/α-hetero) is 2. The summed E-state index contributed by atoms with van der Waals surface area (Å²) in [6, 6.07) is 6.72. The van der Waals surface area contributed by atoms with E-state index in [1.807, 2.05) is 13.8 Å². The third-order valence-electron chi connectivity index (χ3n) is 2.43. The molecule has 0 unspecified atom stereocenters. The van der Waals surface area contributed by atoms with Gasteiger partial charge in [0.2, 0.25) is 11.6 Å². The van der Waals surface area contributed by atoms with E-state index in [-0.39, 0.29) is 28.3 Å². The van der Waals surface area contributed by atoms with Crippen molar-refractivity contribution in [1.29, 1.82) is 0 Å². The molecule has 2 rings (SSSR count). The molecule has 0 heterocycles. The van der Waals surface area contributed by atoms with Crippen molar-refractivity contribution in [2.75, 3.05) is 6.54 Å². The maximum Gasteiger partial charge on any atom is 0.210 e. The van der Waals surface area contributed by atoms with E-state index in [0.29, 0.717) is 11.1 Å². The molecule has 1 aliphatic rings. The van der Waals surface area contributed by atoms with Crippen LogP contribution in [0.2, 0.25) is 0 Å². The van der Waals surface area contributed by atoms with Gasteiger partial charge in [-0.15, -0.1) is 6.42 Å². The Balaban J connectivity index is 0.000000861. The maximum absolute atomic E-state index is 12.1. The van der Waals surface area contributed by atoms with Gasteiger partial charge in [0.05, 0.1) is 11.0 Å². The Bertz CT molecular complexity index is 582. The number of terminal acetylenes is 1. The molecule has 19 heavy (non-hydrogen) atoms. The maximum atomic E-state index is 12.1. The first-order chi connectivity index (χ1) is 9.16. The lowest BCUT2D eigenvalue weighted by atomic mass is 9.93. The van der Waals surface area contributed by atoms with Crippen molar-refractivity contribution < 1.29 is 9.59 Å². The molecule has 0 fully saturated rings. The molecule has 0 saturated heterocycles. The van der Waals surface area contributed by atoms with Gasteiger partial charge in [0.15, 0.2) is 0 Å². The second-order valence-corrected chi connectivity index (χ2v) is 4.24. The van der Waals surface area contributed by atoms with Gasteiger partial charge in [-0.05, 0) is 15.9 Å². The highest BCUT2D eigenvalue weighted by atomic mass is 79.9. The van der Waals surface area contributed by atoms with Crippen molar-refractivity contribution in [3.05, 3.63) is 45.6 Å². The van der Waals surface area contributed by atoms with Gasteiger partial charge in [-0.3, -0.25) is 9.59 Å². The molecular formula is C15H14BrNO2. The van der Waals surface area contributed by atoms with Crippen LogP contribution >= 0.6 is 15.9 Å². The fourth-order valence-electron chi connectivity index (χ4n) is 1.64. The number of hydrogen-bond acceptors (Lipinski definition) is 3. The van der Waals surface area contributed by atoms with Crippen molar-refractivity contribution in [3.8, 4) is 12.3 Å². The fraction of sp³-hybridized carbons (Fsp3) is 0.200. The summed E-state index contributed by atoms with van der Waals surface area (Å²) in [6.07, 6.45) is 5.12. The first-order valence-corrected chi connectivity index (χ1v) is 6.71. The summed E-state index contributed by atoms with van der Waals surface area (Å²) in [4.78, 5) is 24.1. The van der Waals surface area contributed by atoms with Gasteiger partial charge < -0.3 is 5.32 Å². The molecule has 3 nitrogen and oxygen atoms in total. The highest BCUT2D eigenvalue weighted by molar-refractivity contribution is 9.12. The van der Waals surface area contributed by atoms with Crippen LogP contribution < -0.4 is 5.32 Å². The van der Waals surface area contributed by atoms with Crippen molar-refractivity contribution in [2.45, 2.75) is 13.8 Å². The number of carbonyl (C=O) groups is 2. The zero-order valence-electron chi connectivity index (χ0n) is 10.8. The molecule has 0 bridgehead atoms. The van der Waals surface area contributed by atoms with E-state index in [2.05, 4.69) is 27.2 Å². The Hall–Kier alpha value is -1.86. The summed E-state index contributed by atoms with van der Waals surface area (Å²) in [6.45, 7) is 4.20. The quantitative estimate of drug-likeness (QED) is 0.852. The number of nitrogens with one attached hydrogen (secondary N) is 1. The Kier molecular flexibility index (Phi) is 5.53. The monoisotopic (exact) mass is 319 g/mol. The van der Waals surface area contributed by atoms with E-state index in [0.717, 1.165) is 0 Å². The molecule has 0 aliphatic heterocycles. The summed E-state index contributed by atoms with van der Waals surface area (Å²) >= 11 is 3.14. The second-order valence-electron chi connectivity index (χ2n) is 3.45. The molecule has 1 aromatic rings. The van der Waals surface area contributed by atoms with E-state index in [4.69, 9.17) is 6.42 Å². The highest BCUT2D eigenvalue weighted by Gasteiger charge is 2.30. The number of allylic oxidation sites excluding steroid dienone is 2. The molecule has 0 amide bonds. The van der Waals surface area contributed by atoms with Crippen LogP contribution in [0, 0.1) is 12.3 Å². The third-order valence-corrected chi connectivity index (χ3v) is 3.19. The Morgan fingerprint density at radius 1 is 1.16 bits per heavy atom.